The molecular weight excluding hydrogens is 408 g/mol. The number of carbonyl (C=O) groups excluding carboxylic acids is 1. The summed E-state index contributed by atoms with van der Waals surface area (Å²) >= 11 is 0. The third-order valence-corrected chi connectivity index (χ3v) is 5.70. The number of rotatable bonds is 5. The average molecular weight is 432 g/mol. The van der Waals surface area contributed by atoms with Crippen LogP contribution in [0.1, 0.15) is 19.3 Å². The number of anilines is 2. The molecule has 0 unspecified atom stereocenters. The molecule has 0 radical (unpaired) electrons. The van der Waals surface area contributed by atoms with Crippen LogP contribution in [0.3, 0.4) is 0 Å². The molecule has 0 aliphatic carbocycles. The predicted molar refractivity (Wildman–Crippen MR) is 121 cm³/mol. The van der Waals surface area contributed by atoms with Crippen LogP contribution in [-0.4, -0.2) is 35.6 Å². The molecule has 2 aromatic carbocycles. The van der Waals surface area contributed by atoms with E-state index in [4.69, 9.17) is 9.47 Å². The Balaban J connectivity index is 1.29. The molecule has 1 saturated heterocycles. The predicted octanol–water partition coefficient (Wildman–Crippen LogP) is 3.27. The van der Waals surface area contributed by atoms with E-state index in [1.165, 1.54) is 35.7 Å². The average Bonchev–Trinajstić information content (AvgIpc) is 3.29. The van der Waals surface area contributed by atoms with Crippen molar-refractivity contribution in [2.45, 2.75) is 25.8 Å². The lowest BCUT2D eigenvalue weighted by Crippen LogP contribution is -2.29. The Morgan fingerprint density at radius 2 is 1.72 bits per heavy atom. The highest BCUT2D eigenvalue weighted by atomic mass is 16.7. The highest BCUT2D eigenvalue weighted by Gasteiger charge is 2.15. The van der Waals surface area contributed by atoms with Gasteiger partial charge in [0, 0.05) is 42.2 Å². The molecule has 0 bridgehead atoms. The van der Waals surface area contributed by atoms with Crippen LogP contribution in [0.15, 0.2) is 59.4 Å². The third kappa shape index (κ3) is 4.30. The van der Waals surface area contributed by atoms with Crippen molar-refractivity contribution < 1.29 is 14.3 Å². The molecule has 0 spiro atoms. The van der Waals surface area contributed by atoms with Crippen LogP contribution >= 0.6 is 0 Å². The van der Waals surface area contributed by atoms with Gasteiger partial charge < -0.3 is 19.7 Å². The number of nitrogens with zero attached hydrogens (tertiary/aromatic N) is 3. The molecular formula is C24H24N4O4. The van der Waals surface area contributed by atoms with Crippen LogP contribution in [0.25, 0.3) is 11.3 Å². The largest absolute Gasteiger partial charge is 0.454 e. The van der Waals surface area contributed by atoms with Crippen LogP contribution in [0.4, 0.5) is 11.4 Å². The molecule has 8 nitrogen and oxygen atoms in total. The van der Waals surface area contributed by atoms with Crippen molar-refractivity contribution in [2.75, 3.05) is 30.1 Å². The fourth-order valence-electron chi connectivity index (χ4n) is 4.02. The van der Waals surface area contributed by atoms with Crippen LogP contribution in [0.2, 0.25) is 0 Å². The zero-order valence-corrected chi connectivity index (χ0v) is 17.6. The van der Waals surface area contributed by atoms with Gasteiger partial charge in [0.15, 0.2) is 11.5 Å². The minimum absolute atomic E-state index is 0.165. The van der Waals surface area contributed by atoms with Crippen LogP contribution in [0.5, 0.6) is 11.5 Å². The Bertz CT molecular complexity index is 1180. The summed E-state index contributed by atoms with van der Waals surface area (Å²) in [6, 6.07) is 16.5. The highest BCUT2D eigenvalue weighted by molar-refractivity contribution is 5.90. The van der Waals surface area contributed by atoms with Crippen molar-refractivity contribution in [3.8, 4) is 22.8 Å². The minimum Gasteiger partial charge on any atom is -0.454 e. The summed E-state index contributed by atoms with van der Waals surface area (Å²) in [7, 11) is 0. The molecule has 3 aromatic rings. The van der Waals surface area contributed by atoms with E-state index in [-0.39, 0.29) is 24.8 Å². The van der Waals surface area contributed by atoms with E-state index in [2.05, 4.69) is 27.4 Å². The van der Waals surface area contributed by atoms with Gasteiger partial charge in [-0.05, 0) is 49.6 Å². The van der Waals surface area contributed by atoms with Gasteiger partial charge in [0.1, 0.15) is 6.54 Å². The zero-order valence-electron chi connectivity index (χ0n) is 17.6. The monoisotopic (exact) mass is 432 g/mol. The molecule has 164 valence electrons. The molecule has 2 aliphatic rings. The first kappa shape index (κ1) is 20.1. The van der Waals surface area contributed by atoms with Crippen molar-refractivity contribution in [1.29, 1.82) is 0 Å². The normalized spacial score (nSPS) is 14.9. The van der Waals surface area contributed by atoms with E-state index in [9.17, 15) is 9.59 Å². The van der Waals surface area contributed by atoms with Crippen molar-refractivity contribution >= 4 is 17.3 Å². The van der Waals surface area contributed by atoms with Gasteiger partial charge >= 0.3 is 0 Å². The van der Waals surface area contributed by atoms with Gasteiger partial charge in [0.05, 0.1) is 5.69 Å². The Labute approximate surface area is 185 Å². The van der Waals surface area contributed by atoms with Gasteiger partial charge in [0.2, 0.25) is 12.7 Å². The first-order chi connectivity index (χ1) is 15.7. The summed E-state index contributed by atoms with van der Waals surface area (Å²) in [5.41, 5.74) is 2.97. The number of nitrogens with one attached hydrogen (secondary N) is 1. The molecule has 0 saturated carbocycles. The van der Waals surface area contributed by atoms with Crippen molar-refractivity contribution in [2.24, 2.45) is 0 Å². The summed E-state index contributed by atoms with van der Waals surface area (Å²) in [4.78, 5) is 27.2. The van der Waals surface area contributed by atoms with E-state index >= 15 is 0 Å². The molecule has 2 aliphatic heterocycles. The number of amides is 1. The lowest BCUT2D eigenvalue weighted by atomic mass is 10.1. The van der Waals surface area contributed by atoms with E-state index < -0.39 is 0 Å². The molecule has 3 heterocycles. The topological polar surface area (TPSA) is 85.7 Å². The zero-order chi connectivity index (χ0) is 21.9. The Kier molecular flexibility index (Phi) is 5.49. The van der Waals surface area contributed by atoms with Crippen LogP contribution in [-0.2, 0) is 11.3 Å². The van der Waals surface area contributed by atoms with E-state index in [1.807, 2.05) is 12.1 Å². The smallest absolute Gasteiger partial charge is 0.267 e. The molecule has 1 fully saturated rings. The lowest BCUT2D eigenvalue weighted by Gasteiger charge is -2.28. The molecule has 0 atom stereocenters. The number of benzene rings is 2. The fourth-order valence-corrected chi connectivity index (χ4v) is 4.02. The second-order valence-electron chi connectivity index (χ2n) is 7.93. The standard InChI is InChI=1S/C24H24N4O4/c29-23(25-18-6-10-21-22(14-18)32-16-31-21)15-28-24(30)11-9-20(26-28)17-4-7-19(8-5-17)27-12-2-1-3-13-27/h4-11,14H,1-3,12-13,15-16H2,(H,25,29). The molecule has 1 amide bonds. The maximum atomic E-state index is 12.5. The number of ether oxygens (including phenoxy) is 2. The van der Waals surface area contributed by atoms with E-state index in [0.717, 1.165) is 18.7 Å². The van der Waals surface area contributed by atoms with Crippen molar-refractivity contribution in [3.05, 3.63) is 65.0 Å². The van der Waals surface area contributed by atoms with Crippen LogP contribution < -0.4 is 25.2 Å². The fraction of sp³-hybridized carbons (Fsp3) is 0.292. The quantitative estimate of drug-likeness (QED) is 0.666. The minimum atomic E-state index is -0.351. The summed E-state index contributed by atoms with van der Waals surface area (Å²) in [6.45, 7) is 2.15. The Hall–Kier alpha value is -3.81. The molecule has 1 N–H and O–H groups in total. The molecule has 5 rings (SSSR count). The van der Waals surface area contributed by atoms with Crippen molar-refractivity contribution in [1.82, 2.24) is 9.78 Å². The number of hydrogen-bond donors (Lipinski definition) is 1. The summed E-state index contributed by atoms with van der Waals surface area (Å²) < 4.78 is 11.8. The van der Waals surface area contributed by atoms with Gasteiger partial charge in [-0.1, -0.05) is 12.1 Å². The number of piperidine rings is 1. The van der Waals surface area contributed by atoms with E-state index in [0.29, 0.717) is 22.9 Å². The number of fused-ring (bicyclic) bond motifs is 1. The highest BCUT2D eigenvalue weighted by Crippen LogP contribution is 2.34. The molecule has 1 aromatic heterocycles. The molecule has 8 heteroatoms. The summed E-state index contributed by atoms with van der Waals surface area (Å²) in [5, 5.41) is 7.18. The second-order valence-corrected chi connectivity index (χ2v) is 7.93. The number of carbonyl (C=O) groups is 1. The van der Waals surface area contributed by atoms with E-state index in [1.54, 1.807) is 24.3 Å². The first-order valence-corrected chi connectivity index (χ1v) is 10.8. The lowest BCUT2D eigenvalue weighted by molar-refractivity contribution is -0.117. The van der Waals surface area contributed by atoms with Gasteiger partial charge in [-0.3, -0.25) is 9.59 Å². The van der Waals surface area contributed by atoms with Gasteiger partial charge in [-0.15, -0.1) is 0 Å². The number of hydrogen-bond acceptors (Lipinski definition) is 6. The first-order valence-electron chi connectivity index (χ1n) is 10.8. The van der Waals surface area contributed by atoms with Gasteiger partial charge in [-0.25, -0.2) is 4.68 Å². The maximum absolute atomic E-state index is 12.5. The third-order valence-electron chi connectivity index (χ3n) is 5.70. The second kappa shape index (κ2) is 8.74. The number of aromatic nitrogens is 2. The van der Waals surface area contributed by atoms with Crippen molar-refractivity contribution in [3.63, 3.8) is 0 Å². The SMILES string of the molecule is O=C(Cn1nc(-c2ccc(N3CCCCC3)cc2)ccc1=O)Nc1ccc2c(c1)OCO2. The summed E-state index contributed by atoms with van der Waals surface area (Å²) in [6.07, 6.45) is 3.74. The Morgan fingerprint density at radius 3 is 2.53 bits per heavy atom. The molecule has 32 heavy (non-hydrogen) atoms. The van der Waals surface area contributed by atoms with Crippen LogP contribution in [0, 0.1) is 0 Å². The Morgan fingerprint density at radius 1 is 0.938 bits per heavy atom. The van der Waals surface area contributed by atoms with Gasteiger partial charge in [-0.2, -0.15) is 5.10 Å². The van der Waals surface area contributed by atoms with Gasteiger partial charge in [0.25, 0.3) is 5.56 Å². The summed E-state index contributed by atoms with van der Waals surface area (Å²) in [5.74, 6) is 0.865. The maximum Gasteiger partial charge on any atom is 0.267 e.